The molecule has 0 unspecified atom stereocenters. The molecule has 0 aromatic rings. The van der Waals surface area contributed by atoms with E-state index >= 15 is 0 Å². The molecule has 0 aromatic carbocycles. The third kappa shape index (κ3) is 6.60. The van der Waals surface area contributed by atoms with E-state index in [1.165, 1.54) is 6.42 Å². The third-order valence-corrected chi connectivity index (χ3v) is 4.45. The summed E-state index contributed by atoms with van der Waals surface area (Å²) in [6.45, 7) is 9.32. The predicted octanol–water partition coefficient (Wildman–Crippen LogP) is 0.280. The Hall–Kier alpha value is -0.690. The van der Waals surface area contributed by atoms with Gasteiger partial charge in [-0.15, -0.1) is 0 Å². The number of carbonyl (C=O) groups is 1. The Morgan fingerprint density at radius 3 is 2.27 bits per heavy atom. The molecule has 0 aliphatic carbocycles. The Morgan fingerprint density at radius 2 is 1.55 bits per heavy atom. The second kappa shape index (κ2) is 10.2. The predicted molar refractivity (Wildman–Crippen MR) is 86.0 cm³/mol. The van der Waals surface area contributed by atoms with E-state index in [1.54, 1.807) is 0 Å². The van der Waals surface area contributed by atoms with E-state index in [9.17, 15) is 4.79 Å². The minimum atomic E-state index is 0.122. The highest BCUT2D eigenvalue weighted by atomic mass is 16.5. The highest BCUT2D eigenvalue weighted by Gasteiger charge is 2.16. The van der Waals surface area contributed by atoms with E-state index in [0.29, 0.717) is 13.2 Å². The molecule has 0 bridgehead atoms. The Labute approximate surface area is 134 Å². The number of likely N-dealkylation sites (tertiary alicyclic amines) is 1. The first-order valence-corrected chi connectivity index (χ1v) is 8.60. The van der Waals surface area contributed by atoms with Crippen LogP contribution in [-0.4, -0.2) is 99.9 Å². The molecule has 0 N–H and O–H groups in total. The van der Waals surface area contributed by atoms with Gasteiger partial charge < -0.3 is 19.3 Å². The van der Waals surface area contributed by atoms with Crippen LogP contribution in [0.4, 0.5) is 0 Å². The van der Waals surface area contributed by atoms with Crippen LogP contribution in [0.1, 0.15) is 19.3 Å². The molecule has 2 aliphatic rings. The lowest BCUT2D eigenvalue weighted by Gasteiger charge is -2.32. The first-order chi connectivity index (χ1) is 10.8. The molecule has 0 spiro atoms. The minimum Gasteiger partial charge on any atom is -0.378 e. The Balaban J connectivity index is 1.40. The average molecular weight is 313 g/mol. The minimum absolute atomic E-state index is 0.122. The molecule has 2 aliphatic heterocycles. The molecule has 128 valence electrons. The molecule has 0 atom stereocenters. The first kappa shape index (κ1) is 17.7. The number of hydrogen-bond acceptors (Lipinski definition) is 5. The summed E-state index contributed by atoms with van der Waals surface area (Å²) in [7, 11) is 2.16. The van der Waals surface area contributed by atoms with Crippen LogP contribution in [0, 0.1) is 0 Å². The molecule has 0 saturated carbocycles. The second-order valence-electron chi connectivity index (χ2n) is 6.25. The molecule has 22 heavy (non-hydrogen) atoms. The van der Waals surface area contributed by atoms with E-state index in [2.05, 4.69) is 16.8 Å². The van der Waals surface area contributed by atoms with Crippen molar-refractivity contribution in [1.29, 1.82) is 0 Å². The van der Waals surface area contributed by atoms with Gasteiger partial charge in [0.05, 0.1) is 19.8 Å². The standard InChI is InChI=1S/C16H31N3O3/c1-17-7-9-18(10-8-17)11-12-21-13-14-22-15-16(20)19-5-3-2-4-6-19/h2-15H2,1H3. The van der Waals surface area contributed by atoms with Gasteiger partial charge in [-0.2, -0.15) is 0 Å². The van der Waals surface area contributed by atoms with Crippen molar-refractivity contribution in [3.05, 3.63) is 0 Å². The summed E-state index contributed by atoms with van der Waals surface area (Å²) in [6.07, 6.45) is 3.49. The van der Waals surface area contributed by atoms with E-state index < -0.39 is 0 Å². The molecule has 2 saturated heterocycles. The summed E-state index contributed by atoms with van der Waals surface area (Å²) in [5.41, 5.74) is 0. The van der Waals surface area contributed by atoms with E-state index in [1.807, 2.05) is 4.90 Å². The lowest BCUT2D eigenvalue weighted by Crippen LogP contribution is -2.45. The summed E-state index contributed by atoms with van der Waals surface area (Å²) in [5.74, 6) is 0.122. The molecular weight excluding hydrogens is 282 g/mol. The van der Waals surface area contributed by atoms with Crippen molar-refractivity contribution in [3.8, 4) is 0 Å². The van der Waals surface area contributed by atoms with Crippen LogP contribution in [0.15, 0.2) is 0 Å². The average Bonchev–Trinajstić information content (AvgIpc) is 2.56. The van der Waals surface area contributed by atoms with Crippen molar-refractivity contribution in [2.75, 3.05) is 79.3 Å². The molecule has 2 fully saturated rings. The van der Waals surface area contributed by atoms with Crippen LogP contribution in [0.3, 0.4) is 0 Å². The van der Waals surface area contributed by atoms with Gasteiger partial charge in [0.15, 0.2) is 0 Å². The second-order valence-corrected chi connectivity index (χ2v) is 6.25. The fraction of sp³-hybridized carbons (Fsp3) is 0.938. The van der Waals surface area contributed by atoms with Crippen molar-refractivity contribution in [3.63, 3.8) is 0 Å². The molecule has 1 amide bonds. The van der Waals surface area contributed by atoms with Gasteiger partial charge in [-0.1, -0.05) is 0 Å². The quantitative estimate of drug-likeness (QED) is 0.602. The highest BCUT2D eigenvalue weighted by molar-refractivity contribution is 5.77. The van der Waals surface area contributed by atoms with Crippen LogP contribution in [0.2, 0.25) is 0 Å². The van der Waals surface area contributed by atoms with Gasteiger partial charge in [0.25, 0.3) is 0 Å². The molecule has 6 heteroatoms. The van der Waals surface area contributed by atoms with Crippen molar-refractivity contribution >= 4 is 5.91 Å². The smallest absolute Gasteiger partial charge is 0.248 e. The molecule has 0 aromatic heterocycles. The van der Waals surface area contributed by atoms with Gasteiger partial charge in [-0.05, 0) is 26.3 Å². The van der Waals surface area contributed by atoms with E-state index in [-0.39, 0.29) is 12.5 Å². The Morgan fingerprint density at radius 1 is 0.864 bits per heavy atom. The maximum Gasteiger partial charge on any atom is 0.248 e. The Kier molecular flexibility index (Phi) is 8.15. The van der Waals surface area contributed by atoms with Crippen molar-refractivity contribution in [2.24, 2.45) is 0 Å². The normalized spacial score (nSPS) is 21.2. The van der Waals surface area contributed by atoms with Gasteiger partial charge in [0, 0.05) is 45.8 Å². The summed E-state index contributed by atoms with van der Waals surface area (Å²) in [6, 6.07) is 0. The largest absolute Gasteiger partial charge is 0.378 e. The number of piperidine rings is 1. The SMILES string of the molecule is CN1CCN(CCOCCOCC(=O)N2CCCCC2)CC1. The van der Waals surface area contributed by atoms with Gasteiger partial charge >= 0.3 is 0 Å². The van der Waals surface area contributed by atoms with Crippen molar-refractivity contribution in [1.82, 2.24) is 14.7 Å². The van der Waals surface area contributed by atoms with Crippen LogP contribution in [-0.2, 0) is 14.3 Å². The fourth-order valence-electron chi connectivity index (χ4n) is 2.88. The molecular formula is C16H31N3O3. The van der Waals surface area contributed by atoms with Crippen LogP contribution < -0.4 is 0 Å². The maximum atomic E-state index is 11.9. The summed E-state index contributed by atoms with van der Waals surface area (Å²) >= 11 is 0. The third-order valence-electron chi connectivity index (χ3n) is 4.45. The number of nitrogens with zero attached hydrogens (tertiary/aromatic N) is 3. The summed E-state index contributed by atoms with van der Waals surface area (Å²) in [4.78, 5) is 18.6. The molecule has 6 nitrogen and oxygen atoms in total. The van der Waals surface area contributed by atoms with Crippen LogP contribution in [0.5, 0.6) is 0 Å². The molecule has 2 heterocycles. The number of amides is 1. The van der Waals surface area contributed by atoms with Gasteiger partial charge in [-0.3, -0.25) is 9.69 Å². The topological polar surface area (TPSA) is 45.3 Å². The monoisotopic (exact) mass is 313 g/mol. The van der Waals surface area contributed by atoms with E-state index in [0.717, 1.165) is 65.3 Å². The highest BCUT2D eigenvalue weighted by Crippen LogP contribution is 2.08. The zero-order valence-corrected chi connectivity index (χ0v) is 14.0. The number of ether oxygens (including phenoxy) is 2. The summed E-state index contributed by atoms with van der Waals surface area (Å²) in [5, 5.41) is 0. The number of likely N-dealkylation sites (N-methyl/N-ethyl adjacent to an activating group) is 1. The zero-order chi connectivity index (χ0) is 15.6. The summed E-state index contributed by atoms with van der Waals surface area (Å²) < 4.78 is 11.0. The fourth-order valence-corrected chi connectivity index (χ4v) is 2.88. The maximum absolute atomic E-state index is 11.9. The van der Waals surface area contributed by atoms with Crippen LogP contribution >= 0.6 is 0 Å². The lowest BCUT2D eigenvalue weighted by atomic mass is 10.1. The number of hydrogen-bond donors (Lipinski definition) is 0. The van der Waals surface area contributed by atoms with E-state index in [4.69, 9.17) is 9.47 Å². The van der Waals surface area contributed by atoms with Gasteiger partial charge in [0.1, 0.15) is 6.61 Å². The zero-order valence-electron chi connectivity index (χ0n) is 14.0. The number of rotatable bonds is 8. The van der Waals surface area contributed by atoms with Gasteiger partial charge in [-0.25, -0.2) is 0 Å². The van der Waals surface area contributed by atoms with Crippen molar-refractivity contribution in [2.45, 2.75) is 19.3 Å². The molecule has 2 rings (SSSR count). The number of piperazine rings is 1. The van der Waals surface area contributed by atoms with Crippen molar-refractivity contribution < 1.29 is 14.3 Å². The lowest BCUT2D eigenvalue weighted by molar-refractivity contribution is -0.137. The molecule has 0 radical (unpaired) electrons. The van der Waals surface area contributed by atoms with Crippen LogP contribution in [0.25, 0.3) is 0 Å². The number of carbonyl (C=O) groups excluding carboxylic acids is 1. The first-order valence-electron chi connectivity index (χ1n) is 8.60. The Bertz CT molecular complexity index is 314. The van der Waals surface area contributed by atoms with Gasteiger partial charge in [0.2, 0.25) is 5.91 Å².